The Kier molecular flexibility index (Phi) is 12.6. The van der Waals surface area contributed by atoms with Crippen molar-refractivity contribution in [2.45, 2.75) is 78.4 Å². The van der Waals surface area contributed by atoms with Crippen LogP contribution in [0.4, 0.5) is 0 Å². The van der Waals surface area contributed by atoms with Crippen molar-refractivity contribution in [3.8, 4) is 0 Å². The van der Waals surface area contributed by atoms with E-state index in [-0.39, 0.29) is 23.5 Å². The number of allylic oxidation sites excluding steroid dienone is 7. The Hall–Kier alpha value is -2.44. The fourth-order valence-corrected chi connectivity index (χ4v) is 3.57. The minimum absolute atomic E-state index is 0.140. The number of nitrogens with one attached hydrogen (secondary N) is 1. The summed E-state index contributed by atoms with van der Waals surface area (Å²) in [7, 11) is 0. The summed E-state index contributed by atoms with van der Waals surface area (Å²) < 4.78 is 0. The van der Waals surface area contributed by atoms with Crippen LogP contribution in [0.1, 0.15) is 66.2 Å². The highest BCUT2D eigenvalue weighted by atomic mass is 16.3. The van der Waals surface area contributed by atoms with Gasteiger partial charge in [-0.15, -0.1) is 0 Å². The summed E-state index contributed by atoms with van der Waals surface area (Å²) in [5.74, 6) is -0.203. The van der Waals surface area contributed by atoms with E-state index < -0.39 is 11.7 Å². The molecule has 0 aromatic carbocycles. The predicted octanol–water partition coefficient (Wildman–Crippen LogP) is 4.42. The van der Waals surface area contributed by atoms with Crippen LogP contribution in [0.5, 0.6) is 0 Å². The Bertz CT molecular complexity index is 757. The van der Waals surface area contributed by atoms with Crippen LogP contribution in [-0.2, 0) is 9.59 Å². The second-order valence-corrected chi connectivity index (χ2v) is 8.75. The Labute approximate surface area is 192 Å². The molecule has 0 aromatic heterocycles. The van der Waals surface area contributed by atoms with Crippen molar-refractivity contribution in [2.75, 3.05) is 0 Å². The first kappa shape index (κ1) is 27.6. The van der Waals surface area contributed by atoms with Crippen LogP contribution >= 0.6 is 0 Å². The van der Waals surface area contributed by atoms with Gasteiger partial charge < -0.3 is 20.6 Å². The maximum absolute atomic E-state index is 11.6. The first-order chi connectivity index (χ1) is 15.1. The van der Waals surface area contributed by atoms with Gasteiger partial charge in [-0.1, -0.05) is 57.1 Å². The first-order valence-corrected chi connectivity index (χ1v) is 11.5. The van der Waals surface area contributed by atoms with Gasteiger partial charge in [0.15, 0.2) is 5.78 Å². The summed E-state index contributed by atoms with van der Waals surface area (Å²) in [6.07, 6.45) is 16.5. The van der Waals surface area contributed by atoms with E-state index in [1.807, 2.05) is 13.0 Å². The third-order valence-electron chi connectivity index (χ3n) is 5.59. The molecular weight excluding hydrogens is 406 g/mol. The van der Waals surface area contributed by atoms with E-state index in [1.165, 1.54) is 24.8 Å². The van der Waals surface area contributed by atoms with E-state index in [1.54, 1.807) is 12.2 Å². The zero-order chi connectivity index (χ0) is 24.1. The SMILES string of the molecule is CC[C@@H](C)C[C@@H](C)/C=C(C)/C=C/C=C/C(O)=C1/C(=O)C=CNC1=O.OC1CCC(O)CC1. The number of amides is 1. The Morgan fingerprint density at radius 3 is 2.19 bits per heavy atom. The van der Waals surface area contributed by atoms with Gasteiger partial charge in [-0.2, -0.15) is 0 Å². The van der Waals surface area contributed by atoms with Crippen molar-refractivity contribution in [1.29, 1.82) is 0 Å². The zero-order valence-electron chi connectivity index (χ0n) is 19.8. The topological polar surface area (TPSA) is 107 Å². The summed E-state index contributed by atoms with van der Waals surface area (Å²) >= 11 is 0. The molecule has 2 aliphatic rings. The van der Waals surface area contributed by atoms with Gasteiger partial charge in [0.1, 0.15) is 11.3 Å². The van der Waals surface area contributed by atoms with Gasteiger partial charge in [0.25, 0.3) is 5.91 Å². The lowest BCUT2D eigenvalue weighted by Gasteiger charge is -2.20. The third-order valence-corrected chi connectivity index (χ3v) is 5.59. The van der Waals surface area contributed by atoms with Gasteiger partial charge >= 0.3 is 0 Å². The maximum Gasteiger partial charge on any atom is 0.262 e. The molecule has 32 heavy (non-hydrogen) atoms. The lowest BCUT2D eigenvalue weighted by atomic mass is 9.94. The van der Waals surface area contributed by atoms with Crippen molar-refractivity contribution in [2.24, 2.45) is 11.8 Å². The second kappa shape index (κ2) is 14.6. The van der Waals surface area contributed by atoms with Gasteiger partial charge in [0, 0.05) is 12.3 Å². The minimum atomic E-state index is -0.594. The molecule has 1 fully saturated rings. The average molecular weight is 446 g/mol. The standard InChI is InChI=1S/C20H27NO3.C6H12O2/c1-5-14(2)12-16(4)13-15(3)8-6-7-9-17(22)19-18(23)10-11-21-20(19)24;7-5-1-2-6(8)4-3-5/h6-11,13-14,16,22H,5,12H2,1-4H3,(H,21,24);5-8H,1-4H2/b8-6+,9-7+,15-13+,19-17+;/t14-,16-;/m1./s1. The van der Waals surface area contributed by atoms with Crippen LogP contribution < -0.4 is 5.32 Å². The Balaban J connectivity index is 0.000000533. The van der Waals surface area contributed by atoms with Gasteiger partial charge in [0.05, 0.1) is 12.2 Å². The van der Waals surface area contributed by atoms with E-state index in [2.05, 4.69) is 32.2 Å². The molecule has 0 radical (unpaired) electrons. The molecule has 6 heteroatoms. The smallest absolute Gasteiger partial charge is 0.262 e. The lowest BCUT2D eigenvalue weighted by molar-refractivity contribution is -0.121. The maximum atomic E-state index is 11.6. The summed E-state index contributed by atoms with van der Waals surface area (Å²) in [5.41, 5.74) is 0.897. The van der Waals surface area contributed by atoms with E-state index in [9.17, 15) is 14.7 Å². The monoisotopic (exact) mass is 445 g/mol. The fraction of sp³-hybridized carbons (Fsp3) is 0.538. The molecule has 0 bridgehead atoms. The molecule has 0 unspecified atom stereocenters. The zero-order valence-corrected chi connectivity index (χ0v) is 19.8. The molecule has 178 valence electrons. The van der Waals surface area contributed by atoms with Crippen molar-refractivity contribution >= 4 is 11.7 Å². The van der Waals surface area contributed by atoms with Crippen molar-refractivity contribution < 1.29 is 24.9 Å². The molecule has 6 nitrogen and oxygen atoms in total. The van der Waals surface area contributed by atoms with Gasteiger partial charge in [0.2, 0.25) is 0 Å². The highest BCUT2D eigenvalue weighted by Crippen LogP contribution is 2.18. The van der Waals surface area contributed by atoms with Gasteiger partial charge in [-0.05, 0) is 56.9 Å². The van der Waals surface area contributed by atoms with Crippen LogP contribution in [0.15, 0.2) is 59.6 Å². The van der Waals surface area contributed by atoms with Crippen LogP contribution in [-0.4, -0.2) is 39.2 Å². The molecule has 0 spiro atoms. The molecule has 4 N–H and O–H groups in total. The number of aliphatic hydroxyl groups excluding tert-OH is 3. The molecule has 1 heterocycles. The average Bonchev–Trinajstić information content (AvgIpc) is 2.73. The van der Waals surface area contributed by atoms with E-state index in [4.69, 9.17) is 10.2 Å². The molecule has 2 atom stereocenters. The molecule has 1 aliphatic carbocycles. The predicted molar refractivity (Wildman–Crippen MR) is 128 cm³/mol. The van der Waals surface area contributed by atoms with Crippen molar-refractivity contribution in [3.05, 3.63) is 59.6 Å². The fourth-order valence-electron chi connectivity index (χ4n) is 3.57. The molecule has 1 saturated carbocycles. The van der Waals surface area contributed by atoms with Crippen molar-refractivity contribution in [3.63, 3.8) is 0 Å². The van der Waals surface area contributed by atoms with Crippen LogP contribution in [0, 0.1) is 11.8 Å². The number of hydrogen-bond acceptors (Lipinski definition) is 5. The molecule has 0 saturated heterocycles. The highest BCUT2D eigenvalue weighted by molar-refractivity contribution is 6.25. The number of carbonyl (C=O) groups excluding carboxylic acids is 2. The Morgan fingerprint density at radius 2 is 1.66 bits per heavy atom. The summed E-state index contributed by atoms with van der Waals surface area (Å²) in [6, 6.07) is 0. The molecule has 0 aromatic rings. The van der Waals surface area contributed by atoms with Gasteiger partial charge in [-0.25, -0.2) is 0 Å². The lowest BCUT2D eigenvalue weighted by Crippen LogP contribution is -2.29. The van der Waals surface area contributed by atoms with Crippen LogP contribution in [0.2, 0.25) is 0 Å². The number of aliphatic hydroxyl groups is 3. The second-order valence-electron chi connectivity index (χ2n) is 8.75. The summed E-state index contributed by atoms with van der Waals surface area (Å²) in [6.45, 7) is 8.69. The third kappa shape index (κ3) is 10.7. The molecule has 1 amide bonds. The van der Waals surface area contributed by atoms with Crippen LogP contribution in [0.3, 0.4) is 0 Å². The Morgan fingerprint density at radius 1 is 1.09 bits per heavy atom. The summed E-state index contributed by atoms with van der Waals surface area (Å²) in [4.78, 5) is 23.2. The molecule has 2 rings (SSSR count). The number of carbonyl (C=O) groups is 2. The molecular formula is C26H39NO5. The van der Waals surface area contributed by atoms with Gasteiger partial charge in [-0.3, -0.25) is 9.59 Å². The molecule has 1 aliphatic heterocycles. The largest absolute Gasteiger partial charge is 0.507 e. The highest BCUT2D eigenvalue weighted by Gasteiger charge is 2.22. The quantitative estimate of drug-likeness (QED) is 0.201. The normalized spacial score (nSPS) is 25.4. The van der Waals surface area contributed by atoms with E-state index in [0.717, 1.165) is 37.7 Å². The first-order valence-electron chi connectivity index (χ1n) is 11.5. The summed E-state index contributed by atoms with van der Waals surface area (Å²) in [5, 5.41) is 30.1. The minimum Gasteiger partial charge on any atom is -0.507 e. The van der Waals surface area contributed by atoms with Crippen LogP contribution in [0.25, 0.3) is 0 Å². The van der Waals surface area contributed by atoms with E-state index >= 15 is 0 Å². The van der Waals surface area contributed by atoms with Crippen molar-refractivity contribution in [1.82, 2.24) is 5.32 Å². The number of hydrogen-bond donors (Lipinski definition) is 4. The number of rotatable bonds is 7. The number of ketones is 1. The van der Waals surface area contributed by atoms with E-state index in [0.29, 0.717) is 11.8 Å².